The Hall–Kier alpha value is -2.93. The molecule has 2 aliphatic heterocycles. The van der Waals surface area contributed by atoms with E-state index in [2.05, 4.69) is 4.98 Å². The maximum absolute atomic E-state index is 12.8. The number of pyridine rings is 1. The lowest BCUT2D eigenvalue weighted by Gasteiger charge is -2.32. The van der Waals surface area contributed by atoms with Crippen LogP contribution in [0, 0.1) is 0 Å². The summed E-state index contributed by atoms with van der Waals surface area (Å²) in [5, 5.41) is 0.899. The summed E-state index contributed by atoms with van der Waals surface area (Å²) in [6.45, 7) is 2.77. The molecule has 7 nitrogen and oxygen atoms in total. The van der Waals surface area contributed by atoms with Gasteiger partial charge in [0.05, 0.1) is 13.2 Å². The Kier molecular flexibility index (Phi) is 5.25. The van der Waals surface area contributed by atoms with Crippen LogP contribution in [0.3, 0.4) is 0 Å². The Morgan fingerprint density at radius 2 is 1.93 bits per heavy atom. The van der Waals surface area contributed by atoms with Gasteiger partial charge in [-0.3, -0.25) is 14.4 Å². The van der Waals surface area contributed by atoms with Crippen molar-refractivity contribution in [2.24, 2.45) is 0 Å². The van der Waals surface area contributed by atoms with E-state index in [-0.39, 0.29) is 17.4 Å². The van der Waals surface area contributed by atoms with Crippen LogP contribution in [-0.4, -0.2) is 65.5 Å². The number of para-hydroxylation sites is 1. The first-order valence-corrected chi connectivity index (χ1v) is 9.61. The van der Waals surface area contributed by atoms with Gasteiger partial charge in [0.25, 0.3) is 5.56 Å². The van der Waals surface area contributed by atoms with Crippen LogP contribution in [0.25, 0.3) is 17.0 Å². The molecule has 0 saturated carbocycles. The fourth-order valence-electron chi connectivity index (χ4n) is 3.83. The van der Waals surface area contributed by atoms with Crippen LogP contribution < -0.4 is 5.56 Å². The van der Waals surface area contributed by atoms with Gasteiger partial charge < -0.3 is 19.5 Å². The second-order valence-corrected chi connectivity index (χ2v) is 7.10. The first kappa shape index (κ1) is 18.4. The summed E-state index contributed by atoms with van der Waals surface area (Å²) in [4.78, 5) is 44.0. The van der Waals surface area contributed by atoms with Gasteiger partial charge in [0, 0.05) is 36.8 Å². The number of hydrogen-bond acceptors (Lipinski definition) is 4. The van der Waals surface area contributed by atoms with E-state index in [1.165, 1.54) is 12.2 Å². The standard InChI is InChI=1S/C21H23N3O4/c25-19(8-7-16-14-15-4-1-2-5-17(15)22-20(16)26)24-9-3-6-18(24)21(27)23-10-12-28-13-11-23/h1-2,4-5,7-8,14,18H,3,6,9-13H2,(H,22,26)/b8-7+. The highest BCUT2D eigenvalue weighted by atomic mass is 16.5. The Labute approximate surface area is 162 Å². The Morgan fingerprint density at radius 1 is 1.14 bits per heavy atom. The highest BCUT2D eigenvalue weighted by Gasteiger charge is 2.36. The zero-order valence-corrected chi connectivity index (χ0v) is 15.6. The molecule has 2 fully saturated rings. The molecule has 2 saturated heterocycles. The molecule has 2 amide bonds. The van der Waals surface area contributed by atoms with E-state index in [9.17, 15) is 14.4 Å². The van der Waals surface area contributed by atoms with Crippen LogP contribution >= 0.6 is 0 Å². The monoisotopic (exact) mass is 381 g/mol. The van der Waals surface area contributed by atoms with Gasteiger partial charge in [-0.2, -0.15) is 0 Å². The molecule has 0 radical (unpaired) electrons. The van der Waals surface area contributed by atoms with Crippen molar-refractivity contribution in [1.29, 1.82) is 0 Å². The van der Waals surface area contributed by atoms with E-state index in [1.807, 2.05) is 24.3 Å². The van der Waals surface area contributed by atoms with Gasteiger partial charge >= 0.3 is 0 Å². The SMILES string of the molecule is O=C(C1CCCN1C(=O)/C=C/c1cc2ccccc2[nH]c1=O)N1CCOCC1. The van der Waals surface area contributed by atoms with E-state index < -0.39 is 6.04 Å². The summed E-state index contributed by atoms with van der Waals surface area (Å²) in [7, 11) is 0. The van der Waals surface area contributed by atoms with Crippen LogP contribution in [0.1, 0.15) is 18.4 Å². The molecule has 0 aliphatic carbocycles. The minimum atomic E-state index is -0.426. The number of carbonyl (C=O) groups excluding carboxylic acids is 2. The zero-order valence-electron chi connectivity index (χ0n) is 15.6. The van der Waals surface area contributed by atoms with E-state index in [0.717, 1.165) is 17.3 Å². The van der Waals surface area contributed by atoms with Crippen molar-refractivity contribution >= 4 is 28.8 Å². The minimum absolute atomic E-state index is 0.00824. The molecule has 28 heavy (non-hydrogen) atoms. The molecule has 1 aromatic carbocycles. The van der Waals surface area contributed by atoms with Gasteiger partial charge in [0.2, 0.25) is 11.8 Å². The van der Waals surface area contributed by atoms with E-state index >= 15 is 0 Å². The largest absolute Gasteiger partial charge is 0.378 e. The highest BCUT2D eigenvalue weighted by molar-refractivity contribution is 5.96. The molecule has 0 bridgehead atoms. The minimum Gasteiger partial charge on any atom is -0.378 e. The number of hydrogen-bond donors (Lipinski definition) is 1. The molecule has 7 heteroatoms. The second-order valence-electron chi connectivity index (χ2n) is 7.10. The van der Waals surface area contributed by atoms with Gasteiger partial charge in [0.1, 0.15) is 6.04 Å². The number of rotatable bonds is 3. The van der Waals surface area contributed by atoms with Crippen LogP contribution in [-0.2, 0) is 14.3 Å². The first-order chi connectivity index (χ1) is 13.6. The van der Waals surface area contributed by atoms with E-state index in [4.69, 9.17) is 4.74 Å². The average Bonchev–Trinajstić information content (AvgIpc) is 3.22. The smallest absolute Gasteiger partial charge is 0.255 e. The maximum Gasteiger partial charge on any atom is 0.255 e. The molecule has 1 unspecified atom stereocenters. The molecule has 0 spiro atoms. The third-order valence-corrected chi connectivity index (χ3v) is 5.33. The molecule has 2 aromatic rings. The second kappa shape index (κ2) is 7.98. The van der Waals surface area contributed by atoms with Crippen LogP contribution in [0.5, 0.6) is 0 Å². The predicted octanol–water partition coefficient (Wildman–Crippen LogP) is 1.39. The number of benzene rings is 1. The molecular formula is C21H23N3O4. The number of carbonyl (C=O) groups is 2. The van der Waals surface area contributed by atoms with Crippen molar-refractivity contribution in [2.75, 3.05) is 32.8 Å². The Morgan fingerprint density at radius 3 is 2.75 bits per heavy atom. The fourth-order valence-corrected chi connectivity index (χ4v) is 3.83. The predicted molar refractivity (Wildman–Crippen MR) is 106 cm³/mol. The summed E-state index contributed by atoms with van der Waals surface area (Å²) < 4.78 is 5.30. The van der Waals surface area contributed by atoms with Gasteiger partial charge in [-0.05, 0) is 36.4 Å². The third-order valence-electron chi connectivity index (χ3n) is 5.33. The topological polar surface area (TPSA) is 82.7 Å². The number of fused-ring (bicyclic) bond motifs is 1. The number of nitrogens with zero attached hydrogens (tertiary/aromatic N) is 2. The average molecular weight is 381 g/mol. The Balaban J connectivity index is 1.50. The van der Waals surface area contributed by atoms with Gasteiger partial charge in [0.15, 0.2) is 0 Å². The summed E-state index contributed by atoms with van der Waals surface area (Å²) in [5.74, 6) is -0.247. The molecule has 2 aliphatic rings. The first-order valence-electron chi connectivity index (χ1n) is 9.61. The quantitative estimate of drug-likeness (QED) is 0.815. The van der Waals surface area contributed by atoms with Crippen LogP contribution in [0.4, 0.5) is 0 Å². The molecule has 1 N–H and O–H groups in total. The number of likely N-dealkylation sites (tertiary alicyclic amines) is 1. The van der Waals surface area contributed by atoms with Crippen molar-refractivity contribution in [3.8, 4) is 0 Å². The summed E-state index contributed by atoms with van der Waals surface area (Å²) >= 11 is 0. The number of amides is 2. The third kappa shape index (κ3) is 3.71. The number of aromatic nitrogens is 1. The fraction of sp³-hybridized carbons (Fsp3) is 0.381. The molecular weight excluding hydrogens is 358 g/mol. The molecule has 3 heterocycles. The van der Waals surface area contributed by atoms with Crippen molar-refractivity contribution < 1.29 is 14.3 Å². The van der Waals surface area contributed by atoms with Crippen LogP contribution in [0.2, 0.25) is 0 Å². The van der Waals surface area contributed by atoms with Crippen LogP contribution in [0.15, 0.2) is 41.2 Å². The van der Waals surface area contributed by atoms with Crippen molar-refractivity contribution in [2.45, 2.75) is 18.9 Å². The van der Waals surface area contributed by atoms with E-state index in [0.29, 0.717) is 44.8 Å². The van der Waals surface area contributed by atoms with Gasteiger partial charge in [-0.15, -0.1) is 0 Å². The number of aromatic amines is 1. The lowest BCUT2D eigenvalue weighted by Crippen LogP contribution is -2.50. The lowest BCUT2D eigenvalue weighted by atomic mass is 10.1. The number of ether oxygens (including phenoxy) is 1. The molecule has 1 aromatic heterocycles. The summed E-state index contributed by atoms with van der Waals surface area (Å²) in [6, 6.07) is 8.83. The van der Waals surface area contributed by atoms with E-state index in [1.54, 1.807) is 15.9 Å². The number of morpholine rings is 1. The van der Waals surface area contributed by atoms with Crippen molar-refractivity contribution in [3.05, 3.63) is 52.3 Å². The Bertz CT molecular complexity index is 975. The van der Waals surface area contributed by atoms with Crippen molar-refractivity contribution in [1.82, 2.24) is 14.8 Å². The molecule has 146 valence electrons. The lowest BCUT2D eigenvalue weighted by molar-refractivity contribution is -0.144. The number of H-pyrrole nitrogens is 1. The maximum atomic E-state index is 12.8. The van der Waals surface area contributed by atoms with Gasteiger partial charge in [-0.1, -0.05) is 18.2 Å². The highest BCUT2D eigenvalue weighted by Crippen LogP contribution is 2.21. The molecule has 1 atom stereocenters. The van der Waals surface area contributed by atoms with Gasteiger partial charge in [-0.25, -0.2) is 0 Å². The normalized spacial score (nSPS) is 20.2. The zero-order chi connectivity index (χ0) is 19.5. The summed E-state index contributed by atoms with van der Waals surface area (Å²) in [5.41, 5.74) is 0.930. The molecule has 4 rings (SSSR count). The van der Waals surface area contributed by atoms with Crippen molar-refractivity contribution in [3.63, 3.8) is 0 Å². The summed E-state index contributed by atoms with van der Waals surface area (Å²) in [6.07, 6.45) is 4.40. The number of nitrogens with one attached hydrogen (secondary N) is 1.